The van der Waals surface area contributed by atoms with Crippen LogP contribution in [0.3, 0.4) is 0 Å². The molecule has 2 aromatic rings. The maximum atomic E-state index is 12.7. The number of hydrogen-bond donors (Lipinski definition) is 4. The zero-order valence-corrected chi connectivity index (χ0v) is 13.6. The molecule has 0 atom stereocenters. The standard InChI is InChI=1S/C14H9BrF2N2O6/c15-4-2-1-3-5(25-14(16)17)6(4)7-8(12(21)22)10(18)19-11(20)9(7)13(23)24/h1-3,14H,(H,21,22)(H,23,24)(H3,18,19,20). The van der Waals surface area contributed by atoms with Gasteiger partial charge >= 0.3 is 18.6 Å². The molecule has 132 valence electrons. The van der Waals surface area contributed by atoms with Crippen molar-refractivity contribution in [1.29, 1.82) is 0 Å². The van der Waals surface area contributed by atoms with Crippen LogP contribution in [0.2, 0.25) is 0 Å². The number of alkyl halides is 2. The summed E-state index contributed by atoms with van der Waals surface area (Å²) in [6.07, 6.45) is 0. The second-order valence-corrected chi connectivity index (χ2v) is 5.45. The zero-order valence-electron chi connectivity index (χ0n) is 12.0. The average Bonchev–Trinajstić information content (AvgIpc) is 2.44. The van der Waals surface area contributed by atoms with E-state index in [1.54, 1.807) is 0 Å². The Morgan fingerprint density at radius 3 is 2.28 bits per heavy atom. The van der Waals surface area contributed by atoms with E-state index in [1.165, 1.54) is 12.1 Å². The van der Waals surface area contributed by atoms with Crippen LogP contribution >= 0.6 is 15.9 Å². The van der Waals surface area contributed by atoms with Crippen molar-refractivity contribution in [2.24, 2.45) is 0 Å². The van der Waals surface area contributed by atoms with E-state index in [9.17, 15) is 33.4 Å². The minimum absolute atomic E-state index is 0.0284. The number of anilines is 1. The molecule has 2 rings (SSSR count). The van der Waals surface area contributed by atoms with Gasteiger partial charge in [0.15, 0.2) is 0 Å². The fourth-order valence-electron chi connectivity index (χ4n) is 2.24. The summed E-state index contributed by atoms with van der Waals surface area (Å²) in [5, 5.41) is 18.7. The highest BCUT2D eigenvalue weighted by Gasteiger charge is 2.30. The topological polar surface area (TPSA) is 143 Å². The number of nitrogens with two attached hydrogens (primary N) is 1. The predicted octanol–water partition coefficient (Wildman–Crippen LogP) is 2.38. The van der Waals surface area contributed by atoms with Crippen LogP contribution in [0.5, 0.6) is 5.75 Å². The summed E-state index contributed by atoms with van der Waals surface area (Å²) in [5.74, 6) is -4.59. The maximum absolute atomic E-state index is 12.7. The summed E-state index contributed by atoms with van der Waals surface area (Å²) in [4.78, 5) is 36.9. The minimum atomic E-state index is -3.27. The lowest BCUT2D eigenvalue weighted by Gasteiger charge is -2.17. The van der Waals surface area contributed by atoms with Gasteiger partial charge in [0.2, 0.25) is 0 Å². The largest absolute Gasteiger partial charge is 0.478 e. The molecule has 0 saturated carbocycles. The van der Waals surface area contributed by atoms with Crippen molar-refractivity contribution in [2.75, 3.05) is 5.73 Å². The SMILES string of the molecule is Nc1[nH]c(=O)c(C(=O)O)c(-c2c(Br)cccc2OC(F)F)c1C(=O)O. The van der Waals surface area contributed by atoms with Crippen LogP contribution in [0.15, 0.2) is 27.5 Å². The summed E-state index contributed by atoms with van der Waals surface area (Å²) >= 11 is 3.03. The number of aromatic carboxylic acids is 2. The Balaban J connectivity index is 3.04. The van der Waals surface area contributed by atoms with E-state index in [4.69, 9.17) is 5.73 Å². The molecule has 0 aliphatic heterocycles. The number of benzene rings is 1. The number of carboxylic acid groups (broad SMARTS) is 2. The normalized spacial score (nSPS) is 10.7. The van der Waals surface area contributed by atoms with Gasteiger partial charge in [0, 0.05) is 15.6 Å². The molecule has 8 nitrogen and oxygen atoms in total. The molecule has 0 spiro atoms. The number of rotatable bonds is 5. The quantitative estimate of drug-likeness (QED) is 0.583. The molecule has 0 aliphatic rings. The van der Waals surface area contributed by atoms with Crippen LogP contribution < -0.4 is 16.0 Å². The predicted molar refractivity (Wildman–Crippen MR) is 85.2 cm³/mol. The highest BCUT2D eigenvalue weighted by Crippen LogP contribution is 2.41. The Labute approximate surface area is 146 Å². The molecule has 1 aromatic carbocycles. The molecular weight excluding hydrogens is 410 g/mol. The smallest absolute Gasteiger partial charge is 0.387 e. The molecule has 0 radical (unpaired) electrons. The van der Waals surface area contributed by atoms with Gasteiger partial charge in [-0.1, -0.05) is 22.0 Å². The van der Waals surface area contributed by atoms with E-state index < -0.39 is 52.4 Å². The fourth-order valence-corrected chi connectivity index (χ4v) is 2.78. The molecule has 0 bridgehead atoms. The Bertz CT molecular complexity index is 928. The molecule has 0 saturated heterocycles. The van der Waals surface area contributed by atoms with Crippen molar-refractivity contribution >= 4 is 33.7 Å². The van der Waals surface area contributed by atoms with Crippen LogP contribution in [0.1, 0.15) is 20.7 Å². The van der Waals surface area contributed by atoms with Gasteiger partial charge in [-0.2, -0.15) is 8.78 Å². The summed E-state index contributed by atoms with van der Waals surface area (Å²) in [7, 11) is 0. The van der Waals surface area contributed by atoms with Gasteiger partial charge < -0.3 is 25.7 Å². The van der Waals surface area contributed by atoms with Crippen molar-refractivity contribution in [3.63, 3.8) is 0 Å². The monoisotopic (exact) mass is 418 g/mol. The zero-order chi connectivity index (χ0) is 18.9. The lowest BCUT2D eigenvalue weighted by Crippen LogP contribution is -2.24. The number of halogens is 3. The second-order valence-electron chi connectivity index (χ2n) is 4.59. The first-order valence-electron chi connectivity index (χ1n) is 6.41. The van der Waals surface area contributed by atoms with E-state index >= 15 is 0 Å². The number of aromatic amines is 1. The van der Waals surface area contributed by atoms with Gasteiger partial charge in [-0.3, -0.25) is 4.79 Å². The second kappa shape index (κ2) is 6.89. The van der Waals surface area contributed by atoms with Crippen molar-refractivity contribution < 1.29 is 33.3 Å². The van der Waals surface area contributed by atoms with Gasteiger partial charge in [-0.25, -0.2) is 9.59 Å². The van der Waals surface area contributed by atoms with Gasteiger partial charge in [0.1, 0.15) is 22.7 Å². The summed E-state index contributed by atoms with van der Waals surface area (Å²) in [5.41, 5.74) is 1.57. The van der Waals surface area contributed by atoms with Crippen molar-refractivity contribution in [2.45, 2.75) is 6.61 Å². The summed E-state index contributed by atoms with van der Waals surface area (Å²) in [6, 6.07) is 3.71. The maximum Gasteiger partial charge on any atom is 0.387 e. The van der Waals surface area contributed by atoms with Crippen LogP contribution in [-0.4, -0.2) is 33.7 Å². The van der Waals surface area contributed by atoms with Gasteiger partial charge in [0.05, 0.1) is 0 Å². The first-order valence-corrected chi connectivity index (χ1v) is 7.20. The highest BCUT2D eigenvalue weighted by atomic mass is 79.9. The molecular formula is C14H9BrF2N2O6. The Kier molecular flexibility index (Phi) is 5.07. The van der Waals surface area contributed by atoms with Crippen LogP contribution in [0.4, 0.5) is 14.6 Å². The van der Waals surface area contributed by atoms with E-state index in [1.807, 2.05) is 4.98 Å². The molecule has 1 aromatic heterocycles. The van der Waals surface area contributed by atoms with Crippen molar-refractivity contribution in [3.05, 3.63) is 44.2 Å². The Morgan fingerprint density at radius 1 is 1.16 bits per heavy atom. The molecule has 0 unspecified atom stereocenters. The minimum Gasteiger partial charge on any atom is -0.478 e. The van der Waals surface area contributed by atoms with Gasteiger partial charge in [0.25, 0.3) is 5.56 Å². The number of pyridine rings is 1. The lowest BCUT2D eigenvalue weighted by atomic mass is 9.94. The molecule has 0 amide bonds. The summed E-state index contributed by atoms with van der Waals surface area (Å²) in [6.45, 7) is -3.27. The molecule has 11 heteroatoms. The van der Waals surface area contributed by atoms with Crippen molar-refractivity contribution in [3.8, 4) is 16.9 Å². The van der Waals surface area contributed by atoms with Crippen LogP contribution in [-0.2, 0) is 0 Å². The number of carboxylic acids is 2. The fraction of sp³-hybridized carbons (Fsp3) is 0.0714. The third-order valence-corrected chi connectivity index (χ3v) is 3.77. The van der Waals surface area contributed by atoms with E-state index in [0.717, 1.165) is 6.07 Å². The first-order chi connectivity index (χ1) is 11.6. The number of nitrogen functional groups attached to an aromatic ring is 1. The third kappa shape index (κ3) is 3.45. The number of H-pyrrole nitrogens is 1. The number of ether oxygens (including phenoxy) is 1. The average molecular weight is 419 g/mol. The first kappa shape index (κ1) is 18.4. The van der Waals surface area contributed by atoms with E-state index in [-0.39, 0.29) is 10.0 Å². The Hall–Kier alpha value is -2.95. The number of hydrogen-bond acceptors (Lipinski definition) is 5. The number of aromatic nitrogens is 1. The molecule has 5 N–H and O–H groups in total. The van der Waals surface area contributed by atoms with Gasteiger partial charge in [-0.05, 0) is 12.1 Å². The van der Waals surface area contributed by atoms with Crippen molar-refractivity contribution in [1.82, 2.24) is 4.98 Å². The molecule has 25 heavy (non-hydrogen) atoms. The van der Waals surface area contributed by atoms with E-state index in [2.05, 4.69) is 20.7 Å². The number of nitrogens with one attached hydrogen (secondary N) is 1. The molecule has 0 aliphatic carbocycles. The molecule has 0 fully saturated rings. The summed E-state index contributed by atoms with van der Waals surface area (Å²) < 4.78 is 29.7. The third-order valence-electron chi connectivity index (χ3n) is 3.11. The van der Waals surface area contributed by atoms with Crippen LogP contribution in [0.25, 0.3) is 11.1 Å². The molecule has 1 heterocycles. The highest BCUT2D eigenvalue weighted by molar-refractivity contribution is 9.10. The lowest BCUT2D eigenvalue weighted by molar-refractivity contribution is -0.0494. The Morgan fingerprint density at radius 2 is 1.76 bits per heavy atom. The van der Waals surface area contributed by atoms with Gasteiger partial charge in [-0.15, -0.1) is 0 Å². The van der Waals surface area contributed by atoms with Crippen LogP contribution in [0, 0.1) is 0 Å². The number of carbonyl (C=O) groups is 2. The van der Waals surface area contributed by atoms with E-state index in [0.29, 0.717) is 0 Å².